The smallest absolute Gasteiger partial charge is 0.257 e. The van der Waals surface area contributed by atoms with E-state index in [0.717, 1.165) is 5.56 Å². The summed E-state index contributed by atoms with van der Waals surface area (Å²) < 4.78 is 0. The van der Waals surface area contributed by atoms with Gasteiger partial charge in [-0.25, -0.2) is 0 Å². The highest BCUT2D eigenvalue weighted by Crippen LogP contribution is 2.15. The second kappa shape index (κ2) is 10.5. The number of hydrogen-bond donors (Lipinski definition) is 3. The number of benzene rings is 3. The minimum absolute atomic E-state index is 0.0506. The van der Waals surface area contributed by atoms with Crippen molar-refractivity contribution in [1.29, 1.82) is 0 Å². The number of carbonyl (C=O) groups is 2. The van der Waals surface area contributed by atoms with Gasteiger partial charge in [-0.15, -0.1) is 0 Å². The Kier molecular flexibility index (Phi) is 7.54. The molecule has 0 spiro atoms. The topological polar surface area (TPSA) is 70.2 Å². The second-order valence-electron chi connectivity index (χ2n) is 6.53. The zero-order valence-corrected chi connectivity index (χ0v) is 17.6. The van der Waals surface area contributed by atoms with Crippen molar-refractivity contribution in [3.8, 4) is 0 Å². The van der Waals surface area contributed by atoms with Crippen LogP contribution in [0.3, 0.4) is 0 Å². The Morgan fingerprint density at radius 1 is 0.800 bits per heavy atom. The monoisotopic (exact) mass is 437 g/mol. The number of nitrogens with one attached hydrogen (secondary N) is 3. The third kappa shape index (κ3) is 6.69. The molecule has 0 saturated heterocycles. The summed E-state index contributed by atoms with van der Waals surface area (Å²) in [6, 6.07) is 23.5. The summed E-state index contributed by atoms with van der Waals surface area (Å²) in [5.41, 5.74) is 2.96. The lowest BCUT2D eigenvalue weighted by Crippen LogP contribution is -2.34. The van der Waals surface area contributed by atoms with Crippen LogP contribution in [0.15, 0.2) is 78.9 Å². The van der Waals surface area contributed by atoms with Gasteiger partial charge in [0.1, 0.15) is 0 Å². The fourth-order valence-electron chi connectivity index (χ4n) is 2.70. The fourth-order valence-corrected chi connectivity index (χ4v) is 3.04. The molecule has 3 aromatic carbocycles. The summed E-state index contributed by atoms with van der Waals surface area (Å²) in [5.74, 6) is -0.378. The maximum absolute atomic E-state index is 12.2. The molecule has 3 N–H and O–H groups in total. The van der Waals surface area contributed by atoms with E-state index < -0.39 is 0 Å². The molecule has 0 fully saturated rings. The molecule has 5 nitrogen and oxygen atoms in total. The van der Waals surface area contributed by atoms with Crippen LogP contribution in [0.4, 0.5) is 11.4 Å². The van der Waals surface area contributed by atoms with E-state index in [9.17, 15) is 9.59 Å². The van der Waals surface area contributed by atoms with Crippen molar-refractivity contribution >= 4 is 52.1 Å². The maximum Gasteiger partial charge on any atom is 0.257 e. The van der Waals surface area contributed by atoms with Crippen LogP contribution in [0, 0.1) is 0 Å². The van der Waals surface area contributed by atoms with Gasteiger partial charge < -0.3 is 10.6 Å². The lowest BCUT2D eigenvalue weighted by Gasteiger charge is -2.11. The number of rotatable bonds is 6. The highest BCUT2D eigenvalue weighted by molar-refractivity contribution is 7.80. The van der Waals surface area contributed by atoms with E-state index in [2.05, 4.69) is 16.0 Å². The Balaban J connectivity index is 1.46. The van der Waals surface area contributed by atoms with Gasteiger partial charge in [-0.1, -0.05) is 41.9 Å². The lowest BCUT2D eigenvalue weighted by atomic mass is 10.1. The minimum atomic E-state index is -0.327. The van der Waals surface area contributed by atoms with Crippen molar-refractivity contribution in [1.82, 2.24) is 5.32 Å². The van der Waals surface area contributed by atoms with Crippen LogP contribution in [0.5, 0.6) is 0 Å². The Labute approximate surface area is 185 Å². The summed E-state index contributed by atoms with van der Waals surface area (Å²) in [4.78, 5) is 24.3. The van der Waals surface area contributed by atoms with Crippen LogP contribution >= 0.6 is 23.8 Å². The zero-order chi connectivity index (χ0) is 21.3. The molecular formula is C23H20ClN3O2S. The largest absolute Gasteiger partial charge is 0.332 e. The van der Waals surface area contributed by atoms with Crippen LogP contribution in [-0.2, 0) is 11.2 Å². The first-order chi connectivity index (χ1) is 14.5. The maximum atomic E-state index is 12.2. The van der Waals surface area contributed by atoms with Crippen molar-refractivity contribution in [2.45, 2.75) is 12.8 Å². The van der Waals surface area contributed by atoms with E-state index in [-0.39, 0.29) is 16.9 Å². The van der Waals surface area contributed by atoms with Gasteiger partial charge >= 0.3 is 0 Å². The number of carbonyl (C=O) groups excluding carboxylic acids is 2. The molecule has 0 saturated carbocycles. The van der Waals surface area contributed by atoms with Crippen LogP contribution in [0.1, 0.15) is 22.3 Å². The number of halogens is 1. The zero-order valence-electron chi connectivity index (χ0n) is 16.0. The molecule has 0 aromatic heterocycles. The molecule has 0 radical (unpaired) electrons. The Morgan fingerprint density at radius 3 is 2.03 bits per heavy atom. The van der Waals surface area contributed by atoms with Gasteiger partial charge in [0, 0.05) is 28.4 Å². The highest BCUT2D eigenvalue weighted by Gasteiger charge is 2.08. The highest BCUT2D eigenvalue weighted by atomic mass is 35.5. The normalized spacial score (nSPS) is 10.2. The molecule has 152 valence electrons. The molecule has 7 heteroatoms. The predicted octanol–water partition coefficient (Wildman–Crippen LogP) is 5.04. The third-order valence-electron chi connectivity index (χ3n) is 4.24. The van der Waals surface area contributed by atoms with Crippen LogP contribution in [-0.4, -0.2) is 16.9 Å². The van der Waals surface area contributed by atoms with Gasteiger partial charge in [0.2, 0.25) is 5.91 Å². The van der Waals surface area contributed by atoms with E-state index >= 15 is 0 Å². The van der Waals surface area contributed by atoms with Gasteiger partial charge in [0.25, 0.3) is 5.91 Å². The molecule has 0 atom stereocenters. The van der Waals surface area contributed by atoms with E-state index in [1.165, 1.54) is 0 Å². The molecule has 0 bridgehead atoms. The Morgan fingerprint density at radius 2 is 1.40 bits per heavy atom. The van der Waals surface area contributed by atoms with Crippen molar-refractivity contribution < 1.29 is 9.59 Å². The lowest BCUT2D eigenvalue weighted by molar-refractivity contribution is -0.116. The molecule has 3 rings (SSSR count). The first-order valence-corrected chi connectivity index (χ1v) is 10.1. The quantitative estimate of drug-likeness (QED) is 0.472. The fraction of sp³-hybridized carbons (Fsp3) is 0.0870. The average molecular weight is 438 g/mol. The number of thiocarbonyl (C=S) groups is 1. The summed E-state index contributed by atoms with van der Waals surface area (Å²) in [6.45, 7) is 0. The molecule has 0 aliphatic heterocycles. The van der Waals surface area contributed by atoms with Crippen LogP contribution < -0.4 is 16.0 Å². The van der Waals surface area contributed by atoms with Crippen LogP contribution in [0.2, 0.25) is 5.02 Å². The number of amides is 2. The van der Waals surface area contributed by atoms with Crippen molar-refractivity contribution in [2.75, 3.05) is 10.6 Å². The van der Waals surface area contributed by atoms with Crippen molar-refractivity contribution in [2.24, 2.45) is 0 Å². The summed E-state index contributed by atoms with van der Waals surface area (Å²) in [5, 5.41) is 9.16. The first-order valence-electron chi connectivity index (χ1n) is 9.31. The SMILES string of the molecule is O=C(CCc1ccccc1)Nc1ccc(NC(=S)NC(=O)c2ccc(Cl)cc2)cc1. The van der Waals surface area contributed by atoms with Crippen molar-refractivity contribution in [3.63, 3.8) is 0 Å². The molecule has 3 aromatic rings. The number of aryl methyl sites for hydroxylation is 1. The average Bonchev–Trinajstić information content (AvgIpc) is 2.75. The minimum Gasteiger partial charge on any atom is -0.332 e. The molecule has 0 unspecified atom stereocenters. The molecule has 0 aliphatic rings. The molecular weight excluding hydrogens is 418 g/mol. The summed E-state index contributed by atoms with van der Waals surface area (Å²) >= 11 is 11.0. The van der Waals surface area contributed by atoms with Gasteiger partial charge in [0.05, 0.1) is 0 Å². The molecule has 0 heterocycles. The standard InChI is InChI=1S/C23H20ClN3O2S/c24-18-9-7-17(8-10-18)22(29)27-23(30)26-20-13-11-19(12-14-20)25-21(28)15-6-16-4-2-1-3-5-16/h1-5,7-14H,6,15H2,(H,25,28)(H2,26,27,29,30). The van der Waals surface area contributed by atoms with Gasteiger partial charge in [-0.05, 0) is 72.7 Å². The Hall–Kier alpha value is -3.22. The summed E-state index contributed by atoms with van der Waals surface area (Å²) in [7, 11) is 0. The first kappa shape index (κ1) is 21.5. The molecule has 30 heavy (non-hydrogen) atoms. The van der Waals surface area contributed by atoms with E-state index in [0.29, 0.717) is 34.8 Å². The third-order valence-corrected chi connectivity index (χ3v) is 4.70. The molecule has 0 aliphatic carbocycles. The van der Waals surface area contributed by atoms with E-state index in [1.807, 2.05) is 30.3 Å². The van der Waals surface area contributed by atoms with Crippen molar-refractivity contribution in [3.05, 3.63) is 95.0 Å². The van der Waals surface area contributed by atoms with Gasteiger partial charge in [-0.3, -0.25) is 14.9 Å². The van der Waals surface area contributed by atoms with Gasteiger partial charge in [-0.2, -0.15) is 0 Å². The summed E-state index contributed by atoms with van der Waals surface area (Å²) in [6.07, 6.45) is 1.10. The Bertz CT molecular complexity index is 1020. The van der Waals surface area contributed by atoms with E-state index in [4.69, 9.17) is 23.8 Å². The molecule has 2 amide bonds. The second-order valence-corrected chi connectivity index (χ2v) is 7.37. The van der Waals surface area contributed by atoms with Gasteiger partial charge in [0.15, 0.2) is 5.11 Å². The predicted molar refractivity (Wildman–Crippen MR) is 125 cm³/mol. The number of anilines is 2. The van der Waals surface area contributed by atoms with E-state index in [1.54, 1.807) is 48.5 Å². The number of hydrogen-bond acceptors (Lipinski definition) is 3. The van der Waals surface area contributed by atoms with Crippen LogP contribution in [0.25, 0.3) is 0 Å².